The molecule has 3 rings (SSSR count). The molecule has 4 nitrogen and oxygen atoms in total. The molecular formula is C19H25Cl3N2O2. The molecule has 0 saturated carbocycles. The molecular weight excluding hydrogens is 395 g/mol. The van der Waals surface area contributed by atoms with Crippen molar-refractivity contribution in [2.75, 3.05) is 19.7 Å². The van der Waals surface area contributed by atoms with Crippen molar-refractivity contribution in [3.8, 4) is 0 Å². The Labute approximate surface area is 170 Å². The second-order valence-electron chi connectivity index (χ2n) is 7.10. The number of benzene rings is 1. The van der Waals surface area contributed by atoms with E-state index >= 15 is 0 Å². The Morgan fingerprint density at radius 3 is 2.62 bits per heavy atom. The molecule has 1 N–H and O–H groups in total. The highest BCUT2D eigenvalue weighted by Gasteiger charge is 2.38. The number of rotatable bonds is 5. The molecule has 0 radical (unpaired) electrons. The van der Waals surface area contributed by atoms with Crippen molar-refractivity contribution in [1.82, 2.24) is 10.2 Å². The third kappa shape index (κ3) is 5.26. The van der Waals surface area contributed by atoms with Gasteiger partial charge in [-0.25, -0.2) is 0 Å². The first-order valence-corrected chi connectivity index (χ1v) is 10.4. The molecule has 0 bridgehead atoms. The first-order chi connectivity index (χ1) is 12.4. The maximum atomic E-state index is 12.4. The van der Waals surface area contributed by atoms with Crippen LogP contribution in [0.25, 0.3) is 0 Å². The zero-order chi connectivity index (χ0) is 18.6. The summed E-state index contributed by atoms with van der Waals surface area (Å²) in [5, 5.41) is 2.71. The molecule has 1 aromatic carbocycles. The van der Waals surface area contributed by atoms with E-state index in [0.29, 0.717) is 24.1 Å². The molecule has 2 fully saturated rings. The fourth-order valence-electron chi connectivity index (χ4n) is 4.00. The highest BCUT2D eigenvalue weighted by molar-refractivity contribution is 6.68. The van der Waals surface area contributed by atoms with Gasteiger partial charge >= 0.3 is 0 Å². The minimum atomic E-state index is -1.73. The van der Waals surface area contributed by atoms with Gasteiger partial charge in [-0.2, -0.15) is 0 Å². The Morgan fingerprint density at radius 2 is 1.88 bits per heavy atom. The van der Waals surface area contributed by atoms with Crippen molar-refractivity contribution in [2.45, 2.75) is 48.2 Å². The number of hydrogen-bond donors (Lipinski definition) is 1. The maximum absolute atomic E-state index is 12.4. The van der Waals surface area contributed by atoms with Gasteiger partial charge in [0, 0.05) is 11.6 Å². The number of alkyl halides is 3. The predicted molar refractivity (Wildman–Crippen MR) is 106 cm³/mol. The number of nitrogens with zero attached hydrogens (tertiary/aromatic N) is 1. The van der Waals surface area contributed by atoms with Crippen LogP contribution in [0.1, 0.15) is 42.5 Å². The molecule has 0 spiro atoms. The first kappa shape index (κ1) is 20.2. The summed E-state index contributed by atoms with van der Waals surface area (Å²) in [5.41, 5.74) is 0.506. The van der Waals surface area contributed by atoms with E-state index in [0.717, 1.165) is 6.42 Å². The first-order valence-electron chi connectivity index (χ1n) is 9.23. The van der Waals surface area contributed by atoms with E-state index in [2.05, 4.69) is 10.2 Å². The normalized spacial score (nSPS) is 25.3. The molecule has 3 atom stereocenters. The molecule has 144 valence electrons. The monoisotopic (exact) mass is 418 g/mol. The van der Waals surface area contributed by atoms with Gasteiger partial charge < -0.3 is 15.0 Å². The lowest BCUT2D eigenvalue weighted by Crippen LogP contribution is -2.51. The second-order valence-corrected chi connectivity index (χ2v) is 9.46. The van der Waals surface area contributed by atoms with E-state index in [-0.39, 0.29) is 5.91 Å². The van der Waals surface area contributed by atoms with E-state index < -0.39 is 10.0 Å². The highest BCUT2D eigenvalue weighted by atomic mass is 35.6. The van der Waals surface area contributed by atoms with Crippen molar-refractivity contribution in [2.24, 2.45) is 5.92 Å². The molecule has 26 heavy (non-hydrogen) atoms. The Balaban J connectivity index is 1.61. The van der Waals surface area contributed by atoms with Gasteiger partial charge in [0.1, 0.15) is 0 Å². The summed E-state index contributed by atoms with van der Waals surface area (Å²) in [5.74, 6) is 0.0948. The Morgan fingerprint density at radius 1 is 1.15 bits per heavy atom. The van der Waals surface area contributed by atoms with Crippen molar-refractivity contribution in [3.05, 3.63) is 35.9 Å². The third-order valence-corrected chi connectivity index (χ3v) is 5.90. The van der Waals surface area contributed by atoms with Crippen molar-refractivity contribution in [3.63, 3.8) is 0 Å². The molecule has 2 aliphatic heterocycles. The van der Waals surface area contributed by atoms with Crippen LogP contribution in [0.2, 0.25) is 0 Å². The van der Waals surface area contributed by atoms with Crippen LogP contribution in [0, 0.1) is 5.92 Å². The summed E-state index contributed by atoms with van der Waals surface area (Å²) in [6.45, 7) is 2.81. The van der Waals surface area contributed by atoms with E-state index in [9.17, 15) is 4.79 Å². The second kappa shape index (κ2) is 9.11. The SMILES string of the molecule is O=C(N[C@H](OC[C@@H]1CCCN2CCCC[C@H]12)C(Cl)(Cl)Cl)c1ccccc1. The zero-order valence-electron chi connectivity index (χ0n) is 14.7. The maximum Gasteiger partial charge on any atom is 0.253 e. The number of piperidine rings is 2. The molecule has 0 aliphatic carbocycles. The van der Waals surface area contributed by atoms with E-state index in [1.54, 1.807) is 24.3 Å². The number of ether oxygens (including phenoxy) is 1. The topological polar surface area (TPSA) is 41.6 Å². The molecule has 2 heterocycles. The summed E-state index contributed by atoms with van der Waals surface area (Å²) in [6, 6.07) is 9.40. The Bertz CT molecular complexity index is 592. The summed E-state index contributed by atoms with van der Waals surface area (Å²) >= 11 is 18.2. The van der Waals surface area contributed by atoms with Gasteiger partial charge in [-0.05, 0) is 56.8 Å². The largest absolute Gasteiger partial charge is 0.354 e. The van der Waals surface area contributed by atoms with Gasteiger partial charge in [0.05, 0.1) is 6.61 Å². The van der Waals surface area contributed by atoms with Crippen LogP contribution in [0.15, 0.2) is 30.3 Å². The Hall–Kier alpha value is -0.520. The van der Waals surface area contributed by atoms with E-state index in [1.807, 2.05) is 6.07 Å². The van der Waals surface area contributed by atoms with Crippen LogP contribution < -0.4 is 5.32 Å². The van der Waals surface area contributed by atoms with Crippen molar-refractivity contribution in [1.29, 1.82) is 0 Å². The van der Waals surface area contributed by atoms with Crippen LogP contribution in [-0.4, -0.2) is 46.6 Å². The molecule has 0 unspecified atom stereocenters. The smallest absolute Gasteiger partial charge is 0.253 e. The van der Waals surface area contributed by atoms with Gasteiger partial charge in [-0.1, -0.05) is 59.4 Å². The number of amides is 1. The Kier molecular flexibility index (Phi) is 7.09. The van der Waals surface area contributed by atoms with E-state index in [1.165, 1.54) is 38.8 Å². The number of fused-ring (bicyclic) bond motifs is 1. The molecule has 1 amide bonds. The average molecular weight is 420 g/mol. The highest BCUT2D eigenvalue weighted by Crippen LogP contribution is 2.34. The van der Waals surface area contributed by atoms with Crippen LogP contribution in [0.3, 0.4) is 0 Å². The van der Waals surface area contributed by atoms with Gasteiger partial charge in [0.2, 0.25) is 3.79 Å². The van der Waals surface area contributed by atoms with Crippen molar-refractivity contribution >= 4 is 40.7 Å². The zero-order valence-corrected chi connectivity index (χ0v) is 16.9. The molecule has 0 aromatic heterocycles. The number of hydrogen-bond acceptors (Lipinski definition) is 3. The van der Waals surface area contributed by atoms with Gasteiger partial charge in [-0.15, -0.1) is 0 Å². The van der Waals surface area contributed by atoms with Crippen LogP contribution in [0.4, 0.5) is 0 Å². The number of carbonyl (C=O) groups is 1. The third-order valence-electron chi connectivity index (χ3n) is 5.30. The van der Waals surface area contributed by atoms with Gasteiger partial charge in [-0.3, -0.25) is 4.79 Å². The van der Waals surface area contributed by atoms with Crippen LogP contribution >= 0.6 is 34.8 Å². The van der Waals surface area contributed by atoms with E-state index in [4.69, 9.17) is 39.5 Å². The minimum Gasteiger partial charge on any atom is -0.354 e. The van der Waals surface area contributed by atoms with Crippen LogP contribution in [-0.2, 0) is 4.74 Å². The van der Waals surface area contributed by atoms with Crippen LogP contribution in [0.5, 0.6) is 0 Å². The lowest BCUT2D eigenvalue weighted by molar-refractivity contribution is -0.0325. The summed E-state index contributed by atoms with van der Waals surface area (Å²) in [7, 11) is 0. The minimum absolute atomic E-state index is 0.315. The molecule has 1 aromatic rings. The molecule has 7 heteroatoms. The fourth-order valence-corrected chi connectivity index (χ4v) is 4.35. The fraction of sp³-hybridized carbons (Fsp3) is 0.632. The summed E-state index contributed by atoms with van der Waals surface area (Å²) in [6.07, 6.45) is 5.02. The molecule has 2 saturated heterocycles. The summed E-state index contributed by atoms with van der Waals surface area (Å²) in [4.78, 5) is 15.0. The average Bonchev–Trinajstić information content (AvgIpc) is 2.64. The summed E-state index contributed by atoms with van der Waals surface area (Å²) < 4.78 is 4.20. The standard InChI is InChI=1S/C19H25Cl3N2O2/c20-19(21,22)18(23-17(25)14-7-2-1-3-8-14)26-13-15-9-6-12-24-11-5-4-10-16(15)24/h1-3,7-8,15-16,18H,4-6,9-13H2,(H,23,25)/t15-,16+,18+/m0/s1. The lowest BCUT2D eigenvalue weighted by Gasteiger charge is -2.44. The number of nitrogens with one attached hydrogen (secondary N) is 1. The molecule has 2 aliphatic rings. The number of halogens is 3. The number of carbonyl (C=O) groups excluding carboxylic acids is 1. The predicted octanol–water partition coefficient (Wildman–Crippen LogP) is 4.39. The van der Waals surface area contributed by atoms with Gasteiger partial charge in [0.25, 0.3) is 5.91 Å². The van der Waals surface area contributed by atoms with Crippen molar-refractivity contribution < 1.29 is 9.53 Å². The quantitative estimate of drug-likeness (QED) is 0.568. The lowest BCUT2D eigenvalue weighted by atomic mass is 9.84. The van der Waals surface area contributed by atoms with Gasteiger partial charge in [0.15, 0.2) is 6.23 Å².